The summed E-state index contributed by atoms with van der Waals surface area (Å²) < 4.78 is 10.9. The lowest BCUT2D eigenvalue weighted by Crippen LogP contribution is -2.46. The molecule has 0 aliphatic carbocycles. The molecule has 10 heteroatoms. The number of carbonyl (C=O) groups excluding carboxylic acids is 1. The fourth-order valence-electron chi connectivity index (χ4n) is 3.12. The van der Waals surface area contributed by atoms with Crippen LogP contribution in [-0.2, 0) is 11.3 Å². The van der Waals surface area contributed by atoms with Gasteiger partial charge in [0.25, 0.3) is 5.91 Å². The normalized spacial score (nSPS) is 16.1. The van der Waals surface area contributed by atoms with Crippen molar-refractivity contribution in [3.05, 3.63) is 45.5 Å². The molecule has 1 aliphatic rings. The highest BCUT2D eigenvalue weighted by Gasteiger charge is 2.24. The summed E-state index contributed by atoms with van der Waals surface area (Å²) in [6, 6.07) is 7.92. The van der Waals surface area contributed by atoms with Gasteiger partial charge in [-0.1, -0.05) is 0 Å². The van der Waals surface area contributed by atoms with Crippen molar-refractivity contribution in [1.82, 2.24) is 15.5 Å². The van der Waals surface area contributed by atoms with Crippen molar-refractivity contribution < 1.29 is 13.9 Å². The Morgan fingerprint density at radius 1 is 1.28 bits per heavy atom. The van der Waals surface area contributed by atoms with Gasteiger partial charge in [0.05, 0.1) is 25.8 Å². The van der Waals surface area contributed by atoms with Crippen molar-refractivity contribution in [1.29, 1.82) is 0 Å². The molecule has 2 aromatic rings. The van der Waals surface area contributed by atoms with Crippen LogP contribution in [0.3, 0.4) is 0 Å². The van der Waals surface area contributed by atoms with Crippen molar-refractivity contribution in [2.45, 2.75) is 19.5 Å². The van der Waals surface area contributed by atoms with Gasteiger partial charge < -0.3 is 25.5 Å². The van der Waals surface area contributed by atoms with E-state index in [4.69, 9.17) is 14.9 Å². The number of nitrogens with zero attached hydrogens (tertiary/aromatic N) is 2. The molecule has 0 aromatic carbocycles. The van der Waals surface area contributed by atoms with E-state index in [1.165, 1.54) is 9.75 Å². The number of thiophene rings is 1. The summed E-state index contributed by atoms with van der Waals surface area (Å²) >= 11 is 1.82. The van der Waals surface area contributed by atoms with Gasteiger partial charge in [0, 0.05) is 36.4 Å². The third-order valence-corrected chi connectivity index (χ3v) is 5.70. The molecule has 1 saturated heterocycles. The zero-order valence-corrected chi connectivity index (χ0v) is 19.8. The molecule has 4 N–H and O–H groups in total. The Morgan fingerprint density at radius 2 is 2.03 bits per heavy atom. The number of aliphatic imine (C=N–C) groups is 1. The quantitative estimate of drug-likeness (QED) is 0.286. The Hall–Kier alpha value is -1.63. The number of morpholine rings is 1. The average molecular weight is 533 g/mol. The van der Waals surface area contributed by atoms with E-state index in [-0.39, 0.29) is 35.8 Å². The number of rotatable bonds is 7. The molecule has 3 rings (SSSR count). The van der Waals surface area contributed by atoms with Gasteiger partial charge >= 0.3 is 0 Å². The van der Waals surface area contributed by atoms with Crippen LogP contribution in [0.5, 0.6) is 0 Å². The second-order valence-corrected chi connectivity index (χ2v) is 7.87. The first-order valence-electron chi connectivity index (χ1n) is 9.28. The molecule has 0 bridgehead atoms. The van der Waals surface area contributed by atoms with E-state index in [1.807, 2.05) is 11.3 Å². The molecule has 8 nitrogen and oxygen atoms in total. The molecule has 0 saturated carbocycles. The molecule has 1 unspecified atom stereocenters. The monoisotopic (exact) mass is 533 g/mol. The summed E-state index contributed by atoms with van der Waals surface area (Å²) in [5.41, 5.74) is 5.22. The number of hydrogen-bond donors (Lipinski definition) is 3. The third kappa shape index (κ3) is 6.69. The fourth-order valence-corrected chi connectivity index (χ4v) is 4.13. The van der Waals surface area contributed by atoms with Gasteiger partial charge in [-0.3, -0.25) is 14.7 Å². The summed E-state index contributed by atoms with van der Waals surface area (Å²) in [5, 5.41) is 6.61. The molecule has 1 fully saturated rings. The van der Waals surface area contributed by atoms with Crippen molar-refractivity contribution >= 4 is 47.2 Å². The van der Waals surface area contributed by atoms with Crippen LogP contribution >= 0.6 is 35.3 Å². The molecule has 2 aromatic heterocycles. The smallest absolute Gasteiger partial charge is 0.284 e. The number of carbonyl (C=O) groups is 1. The average Bonchev–Trinajstić information content (AvgIpc) is 3.34. The van der Waals surface area contributed by atoms with Gasteiger partial charge in [0.1, 0.15) is 5.76 Å². The van der Waals surface area contributed by atoms with E-state index in [9.17, 15) is 4.79 Å². The van der Waals surface area contributed by atoms with E-state index in [2.05, 4.69) is 39.6 Å². The predicted molar refractivity (Wildman–Crippen MR) is 125 cm³/mol. The first-order chi connectivity index (χ1) is 13.6. The lowest BCUT2D eigenvalue weighted by molar-refractivity contribution is 0.0177. The lowest BCUT2D eigenvalue weighted by atomic mass is 10.2. The van der Waals surface area contributed by atoms with E-state index < -0.39 is 5.91 Å². The molecule has 1 aliphatic heterocycles. The van der Waals surface area contributed by atoms with Crippen molar-refractivity contribution in [3.63, 3.8) is 0 Å². The van der Waals surface area contributed by atoms with Crippen LogP contribution < -0.4 is 16.4 Å². The van der Waals surface area contributed by atoms with Crippen molar-refractivity contribution in [2.24, 2.45) is 10.7 Å². The Balaban J connectivity index is 0.00000300. The molecular weight excluding hydrogens is 505 g/mol. The second kappa shape index (κ2) is 11.5. The SMILES string of the molecule is CN=C(NCc1ccc(C(N)=O)o1)NCC(c1ccc(C)s1)N1CCOCC1.I. The van der Waals surface area contributed by atoms with Crippen LogP contribution in [0.25, 0.3) is 0 Å². The number of nitrogens with two attached hydrogens (primary N) is 1. The van der Waals surface area contributed by atoms with Gasteiger partial charge in [-0.2, -0.15) is 0 Å². The highest BCUT2D eigenvalue weighted by atomic mass is 127. The summed E-state index contributed by atoms with van der Waals surface area (Å²) in [7, 11) is 1.73. The lowest BCUT2D eigenvalue weighted by Gasteiger charge is -2.34. The Bertz CT molecular complexity index is 816. The Morgan fingerprint density at radius 3 is 2.62 bits per heavy atom. The van der Waals surface area contributed by atoms with Gasteiger partial charge in [-0.15, -0.1) is 35.3 Å². The molecule has 160 valence electrons. The van der Waals surface area contributed by atoms with Gasteiger partial charge in [-0.25, -0.2) is 0 Å². The summed E-state index contributed by atoms with van der Waals surface area (Å²) in [4.78, 5) is 20.5. The summed E-state index contributed by atoms with van der Waals surface area (Å²) in [6.07, 6.45) is 0. The maximum Gasteiger partial charge on any atom is 0.284 e. The number of ether oxygens (including phenoxy) is 1. The molecule has 1 amide bonds. The molecule has 3 heterocycles. The van der Waals surface area contributed by atoms with Crippen LogP contribution in [0.1, 0.15) is 32.1 Å². The van der Waals surface area contributed by atoms with Gasteiger partial charge in [0.2, 0.25) is 0 Å². The van der Waals surface area contributed by atoms with Crippen LogP contribution in [0.2, 0.25) is 0 Å². The number of amides is 1. The number of furan rings is 1. The first-order valence-corrected chi connectivity index (χ1v) is 10.1. The number of aryl methyl sites for hydroxylation is 1. The van der Waals surface area contributed by atoms with Crippen LogP contribution in [0.15, 0.2) is 33.7 Å². The minimum atomic E-state index is -0.576. The minimum absolute atomic E-state index is 0. The standard InChI is InChI=1S/C19H27N5O3S.HI/c1-13-3-6-17(28-13)15(24-7-9-26-10-8-24)12-23-19(21-2)22-11-14-4-5-16(27-14)18(20)25;/h3-6,15H,7-12H2,1-2H3,(H2,20,25)(H2,21,22,23);1H. The van der Waals surface area contributed by atoms with E-state index >= 15 is 0 Å². The number of hydrogen-bond acceptors (Lipinski definition) is 6. The van der Waals surface area contributed by atoms with E-state index in [0.717, 1.165) is 32.8 Å². The number of nitrogens with one attached hydrogen (secondary N) is 2. The number of guanidine groups is 1. The van der Waals surface area contributed by atoms with Crippen LogP contribution in [-0.4, -0.2) is 56.7 Å². The first kappa shape index (κ1) is 23.6. The van der Waals surface area contributed by atoms with Crippen LogP contribution in [0.4, 0.5) is 0 Å². The summed E-state index contributed by atoms with van der Waals surface area (Å²) in [6.45, 7) is 6.61. The van der Waals surface area contributed by atoms with Crippen molar-refractivity contribution in [3.8, 4) is 0 Å². The molecular formula is C19H28IN5O3S. The minimum Gasteiger partial charge on any atom is -0.454 e. The number of primary amides is 1. The summed E-state index contributed by atoms with van der Waals surface area (Å²) in [5.74, 6) is 0.868. The van der Waals surface area contributed by atoms with E-state index in [1.54, 1.807) is 19.2 Å². The Labute approximate surface area is 191 Å². The molecule has 29 heavy (non-hydrogen) atoms. The zero-order chi connectivity index (χ0) is 19.9. The maximum atomic E-state index is 11.1. The zero-order valence-electron chi connectivity index (χ0n) is 16.6. The van der Waals surface area contributed by atoms with Crippen molar-refractivity contribution in [2.75, 3.05) is 39.9 Å². The topological polar surface area (TPSA) is 105 Å². The van der Waals surface area contributed by atoms with Gasteiger partial charge in [0.15, 0.2) is 11.7 Å². The predicted octanol–water partition coefficient (Wildman–Crippen LogP) is 2.10. The highest BCUT2D eigenvalue weighted by molar-refractivity contribution is 14.0. The Kier molecular flexibility index (Phi) is 9.40. The molecule has 0 radical (unpaired) electrons. The van der Waals surface area contributed by atoms with E-state index in [0.29, 0.717) is 18.3 Å². The third-order valence-electron chi connectivity index (χ3n) is 4.60. The maximum absolute atomic E-state index is 11.1. The molecule has 0 spiro atoms. The largest absolute Gasteiger partial charge is 0.454 e. The van der Waals surface area contributed by atoms with Gasteiger partial charge in [-0.05, 0) is 31.2 Å². The molecule has 1 atom stereocenters. The fraction of sp³-hybridized carbons (Fsp3) is 0.474. The highest BCUT2D eigenvalue weighted by Crippen LogP contribution is 2.27. The van der Waals surface area contributed by atoms with Crippen LogP contribution in [0, 0.1) is 6.92 Å². The second-order valence-electron chi connectivity index (χ2n) is 6.55. The number of halogens is 1.